The molecule has 2 fully saturated rings. The van der Waals surface area contributed by atoms with E-state index in [-0.39, 0.29) is 5.60 Å². The molecule has 0 aliphatic carbocycles. The summed E-state index contributed by atoms with van der Waals surface area (Å²) in [5.74, 6) is 1.78. The highest BCUT2D eigenvalue weighted by Gasteiger charge is 2.44. The molecule has 124 valence electrons. The van der Waals surface area contributed by atoms with E-state index in [9.17, 15) is 5.11 Å². The average molecular weight is 316 g/mol. The van der Waals surface area contributed by atoms with Crippen molar-refractivity contribution in [2.75, 3.05) is 24.6 Å². The van der Waals surface area contributed by atoms with Gasteiger partial charge in [0.1, 0.15) is 11.3 Å². The number of H-pyrrole nitrogens is 1. The number of ether oxygens (including phenoxy) is 1. The fourth-order valence-electron chi connectivity index (χ4n) is 4.04. The summed E-state index contributed by atoms with van der Waals surface area (Å²) in [6, 6.07) is 1.99. The van der Waals surface area contributed by atoms with E-state index in [0.717, 1.165) is 61.4 Å². The second-order valence-electron chi connectivity index (χ2n) is 7.27. The van der Waals surface area contributed by atoms with Gasteiger partial charge >= 0.3 is 0 Å². The molecular formula is C17H24N4O2. The molecule has 2 aliphatic rings. The number of nitrogens with one attached hydrogen (secondary N) is 1. The smallest absolute Gasteiger partial charge is 0.156 e. The van der Waals surface area contributed by atoms with E-state index in [2.05, 4.69) is 19.9 Å². The van der Waals surface area contributed by atoms with Crippen LogP contribution in [0.3, 0.4) is 0 Å². The van der Waals surface area contributed by atoms with Gasteiger partial charge in [-0.05, 0) is 39.2 Å². The van der Waals surface area contributed by atoms with E-state index in [1.165, 1.54) is 0 Å². The molecule has 1 atom stereocenters. The summed E-state index contributed by atoms with van der Waals surface area (Å²) in [7, 11) is 0. The number of hydrogen-bond donors (Lipinski definition) is 2. The molecule has 4 heterocycles. The van der Waals surface area contributed by atoms with Gasteiger partial charge in [0, 0.05) is 25.7 Å². The number of aryl methyl sites for hydroxylation is 1. The summed E-state index contributed by atoms with van der Waals surface area (Å²) in [6.45, 7) is 6.30. The summed E-state index contributed by atoms with van der Waals surface area (Å²) in [5, 5.41) is 10.4. The van der Waals surface area contributed by atoms with Crippen molar-refractivity contribution >= 4 is 16.9 Å². The monoisotopic (exact) mass is 316 g/mol. The first-order valence-electron chi connectivity index (χ1n) is 8.40. The quantitative estimate of drug-likeness (QED) is 0.843. The number of aliphatic hydroxyl groups is 1. The van der Waals surface area contributed by atoms with Crippen LogP contribution in [0.25, 0.3) is 11.0 Å². The van der Waals surface area contributed by atoms with Gasteiger partial charge in [-0.2, -0.15) is 0 Å². The lowest BCUT2D eigenvalue weighted by Crippen LogP contribution is -2.53. The third-order valence-electron chi connectivity index (χ3n) is 5.22. The van der Waals surface area contributed by atoms with Crippen LogP contribution in [0.1, 0.15) is 38.4 Å². The SMILES string of the molecule is Cc1nc(N2CCC3(CC2)CC(C)(O)CCO3)c2[nH]ccc2n1. The fourth-order valence-corrected chi connectivity index (χ4v) is 4.04. The molecule has 2 aromatic rings. The molecule has 2 N–H and O–H groups in total. The maximum atomic E-state index is 10.4. The highest BCUT2D eigenvalue weighted by Crippen LogP contribution is 2.40. The van der Waals surface area contributed by atoms with E-state index in [1.54, 1.807) is 0 Å². The van der Waals surface area contributed by atoms with Gasteiger partial charge in [-0.3, -0.25) is 0 Å². The number of aromatic amines is 1. The van der Waals surface area contributed by atoms with Crippen molar-refractivity contribution in [2.24, 2.45) is 0 Å². The number of piperidine rings is 1. The summed E-state index contributed by atoms with van der Waals surface area (Å²) in [5.41, 5.74) is 1.20. The molecule has 23 heavy (non-hydrogen) atoms. The van der Waals surface area contributed by atoms with Crippen LogP contribution in [0.5, 0.6) is 0 Å². The topological polar surface area (TPSA) is 74.3 Å². The van der Waals surface area contributed by atoms with Crippen LogP contribution in [-0.2, 0) is 4.74 Å². The fraction of sp³-hybridized carbons (Fsp3) is 0.647. The highest BCUT2D eigenvalue weighted by molar-refractivity contribution is 5.86. The zero-order valence-electron chi connectivity index (χ0n) is 13.8. The van der Waals surface area contributed by atoms with Crippen LogP contribution < -0.4 is 4.90 Å². The second kappa shape index (κ2) is 5.18. The summed E-state index contributed by atoms with van der Waals surface area (Å²) in [6.07, 6.45) is 5.22. The zero-order chi connectivity index (χ0) is 16.1. The van der Waals surface area contributed by atoms with Gasteiger partial charge in [-0.25, -0.2) is 9.97 Å². The van der Waals surface area contributed by atoms with Gasteiger partial charge in [-0.1, -0.05) is 0 Å². The van der Waals surface area contributed by atoms with Gasteiger partial charge < -0.3 is 19.7 Å². The molecule has 6 nitrogen and oxygen atoms in total. The minimum Gasteiger partial charge on any atom is -0.390 e. The lowest BCUT2D eigenvalue weighted by atomic mass is 9.78. The Morgan fingerprint density at radius 1 is 1.26 bits per heavy atom. The summed E-state index contributed by atoms with van der Waals surface area (Å²) in [4.78, 5) is 14.7. The molecule has 4 rings (SSSR count). The Morgan fingerprint density at radius 3 is 2.78 bits per heavy atom. The van der Waals surface area contributed by atoms with Gasteiger partial charge in [0.15, 0.2) is 5.82 Å². The molecule has 0 radical (unpaired) electrons. The number of nitrogens with zero attached hydrogens (tertiary/aromatic N) is 3. The molecule has 2 aromatic heterocycles. The van der Waals surface area contributed by atoms with E-state index >= 15 is 0 Å². The molecule has 6 heteroatoms. The Kier molecular flexibility index (Phi) is 3.35. The summed E-state index contributed by atoms with van der Waals surface area (Å²) >= 11 is 0. The predicted octanol–water partition coefficient (Wildman–Crippen LogP) is 2.17. The third-order valence-corrected chi connectivity index (χ3v) is 5.22. The lowest BCUT2D eigenvalue weighted by Gasteiger charge is -2.48. The Morgan fingerprint density at radius 2 is 2.04 bits per heavy atom. The van der Waals surface area contributed by atoms with Crippen molar-refractivity contribution in [1.29, 1.82) is 0 Å². The van der Waals surface area contributed by atoms with Crippen molar-refractivity contribution < 1.29 is 9.84 Å². The summed E-state index contributed by atoms with van der Waals surface area (Å²) < 4.78 is 6.10. The first kappa shape index (κ1) is 14.9. The highest BCUT2D eigenvalue weighted by atomic mass is 16.5. The molecule has 0 aromatic carbocycles. The number of anilines is 1. The standard InChI is InChI=1S/C17H24N4O2/c1-12-19-13-3-7-18-14(13)15(20-12)21-8-4-17(5-9-21)11-16(2,22)6-10-23-17/h3,7,18,22H,4-6,8-11H2,1-2H3. The predicted molar refractivity (Wildman–Crippen MR) is 88.6 cm³/mol. The minimum atomic E-state index is -0.599. The lowest BCUT2D eigenvalue weighted by molar-refractivity contribution is -0.162. The van der Waals surface area contributed by atoms with Crippen LogP contribution in [0, 0.1) is 6.92 Å². The van der Waals surface area contributed by atoms with Crippen LogP contribution in [0.15, 0.2) is 12.3 Å². The molecule has 0 saturated carbocycles. The molecule has 1 spiro atoms. The van der Waals surface area contributed by atoms with E-state index < -0.39 is 5.60 Å². The van der Waals surface area contributed by atoms with Gasteiger partial charge in [0.2, 0.25) is 0 Å². The number of hydrogen-bond acceptors (Lipinski definition) is 5. The van der Waals surface area contributed by atoms with Gasteiger partial charge in [0.05, 0.1) is 23.3 Å². The van der Waals surface area contributed by atoms with Crippen LogP contribution in [0.4, 0.5) is 5.82 Å². The van der Waals surface area contributed by atoms with Crippen molar-refractivity contribution in [3.63, 3.8) is 0 Å². The zero-order valence-corrected chi connectivity index (χ0v) is 13.8. The maximum Gasteiger partial charge on any atom is 0.156 e. The van der Waals surface area contributed by atoms with Crippen molar-refractivity contribution in [3.05, 3.63) is 18.1 Å². The van der Waals surface area contributed by atoms with Crippen molar-refractivity contribution in [2.45, 2.75) is 50.7 Å². The Balaban J connectivity index is 1.56. The van der Waals surface area contributed by atoms with Crippen LogP contribution in [-0.4, -0.2) is 51.0 Å². The molecule has 0 amide bonds. The first-order valence-corrected chi connectivity index (χ1v) is 8.40. The molecular weight excluding hydrogens is 292 g/mol. The Hall–Kier alpha value is -1.66. The van der Waals surface area contributed by atoms with E-state index in [4.69, 9.17) is 4.74 Å². The number of fused-ring (bicyclic) bond motifs is 1. The van der Waals surface area contributed by atoms with Crippen LogP contribution >= 0.6 is 0 Å². The van der Waals surface area contributed by atoms with Gasteiger partial charge in [0.25, 0.3) is 0 Å². The van der Waals surface area contributed by atoms with E-state index in [1.807, 2.05) is 26.1 Å². The second-order valence-corrected chi connectivity index (χ2v) is 7.27. The Labute approximate surface area is 135 Å². The third kappa shape index (κ3) is 2.70. The van der Waals surface area contributed by atoms with E-state index in [0.29, 0.717) is 6.61 Å². The Bertz CT molecular complexity index is 716. The van der Waals surface area contributed by atoms with Crippen LogP contribution in [0.2, 0.25) is 0 Å². The normalized spacial score (nSPS) is 27.7. The van der Waals surface area contributed by atoms with Crippen molar-refractivity contribution in [3.8, 4) is 0 Å². The molecule has 2 aliphatic heterocycles. The molecule has 2 saturated heterocycles. The molecule has 0 bridgehead atoms. The first-order chi connectivity index (χ1) is 11.0. The number of rotatable bonds is 1. The maximum absolute atomic E-state index is 10.4. The minimum absolute atomic E-state index is 0.171. The largest absolute Gasteiger partial charge is 0.390 e. The molecule has 1 unspecified atom stereocenters. The van der Waals surface area contributed by atoms with Gasteiger partial charge in [-0.15, -0.1) is 0 Å². The van der Waals surface area contributed by atoms with Crippen molar-refractivity contribution in [1.82, 2.24) is 15.0 Å². The number of aromatic nitrogens is 3. The average Bonchev–Trinajstić information content (AvgIpc) is 2.94.